The van der Waals surface area contributed by atoms with E-state index in [1.807, 2.05) is 6.20 Å². The van der Waals surface area contributed by atoms with E-state index in [2.05, 4.69) is 48.8 Å². The molecular formula is C23H32N6OS. The molecule has 5 rings (SSSR count). The number of aromatic nitrogens is 5. The van der Waals surface area contributed by atoms with Crippen LogP contribution in [0.4, 0.5) is 0 Å². The Balaban J connectivity index is 1.63. The molecule has 3 atom stereocenters. The van der Waals surface area contributed by atoms with Crippen LogP contribution in [-0.4, -0.2) is 55.7 Å². The Morgan fingerprint density at radius 1 is 1.32 bits per heavy atom. The lowest BCUT2D eigenvalue weighted by molar-refractivity contribution is 0.232. The smallest absolute Gasteiger partial charge is 0.185 e. The first-order valence-electron chi connectivity index (χ1n) is 11.5. The van der Waals surface area contributed by atoms with Crippen molar-refractivity contribution in [2.45, 2.75) is 81.8 Å². The van der Waals surface area contributed by atoms with E-state index in [4.69, 9.17) is 19.6 Å². The average molecular weight is 441 g/mol. The fraction of sp³-hybridized carbons (Fsp3) is 0.652. The Morgan fingerprint density at radius 3 is 2.87 bits per heavy atom. The van der Waals surface area contributed by atoms with Crippen molar-refractivity contribution >= 4 is 22.8 Å². The van der Waals surface area contributed by atoms with Gasteiger partial charge in [-0.15, -0.1) is 11.8 Å². The zero-order valence-corrected chi connectivity index (χ0v) is 20.0. The third-order valence-electron chi connectivity index (χ3n) is 7.62. The summed E-state index contributed by atoms with van der Waals surface area (Å²) in [7, 11) is 2.21. The van der Waals surface area contributed by atoms with Crippen LogP contribution in [0, 0.1) is 0 Å². The Labute approximate surface area is 188 Å². The zero-order valence-electron chi connectivity index (χ0n) is 19.2. The third-order valence-corrected chi connectivity index (χ3v) is 8.31. The summed E-state index contributed by atoms with van der Waals surface area (Å²) in [5.74, 6) is 1.69. The number of hydrogen-bond acceptors (Lipinski definition) is 7. The summed E-state index contributed by atoms with van der Waals surface area (Å²) in [4.78, 5) is 12.4. The van der Waals surface area contributed by atoms with Crippen LogP contribution in [0.5, 0.6) is 0 Å². The molecule has 1 aliphatic carbocycles. The fourth-order valence-corrected chi connectivity index (χ4v) is 6.01. The molecule has 1 saturated heterocycles. The van der Waals surface area contributed by atoms with Crippen LogP contribution in [0.3, 0.4) is 0 Å². The Bertz CT molecular complexity index is 1110. The summed E-state index contributed by atoms with van der Waals surface area (Å²) < 4.78 is 8.01. The van der Waals surface area contributed by atoms with Crippen LogP contribution in [0.15, 0.2) is 15.7 Å². The van der Waals surface area contributed by atoms with Crippen molar-refractivity contribution in [1.29, 1.82) is 0 Å². The SMILES string of the molecule is CC[C@@]1(C)CCCc2c(-c3nc(SC)c4cnn([C@@H](C)[C@@H]5CCCN5C)c4n3)noc21. The number of thioether (sulfide) groups is 1. The molecule has 0 spiro atoms. The lowest BCUT2D eigenvalue weighted by atomic mass is 9.73. The van der Waals surface area contributed by atoms with Gasteiger partial charge in [-0.05, 0) is 65.3 Å². The van der Waals surface area contributed by atoms with Crippen LogP contribution in [-0.2, 0) is 11.8 Å². The van der Waals surface area contributed by atoms with Crippen molar-refractivity contribution in [1.82, 2.24) is 29.8 Å². The van der Waals surface area contributed by atoms with Gasteiger partial charge in [-0.3, -0.25) is 0 Å². The van der Waals surface area contributed by atoms with Gasteiger partial charge in [-0.25, -0.2) is 14.6 Å². The lowest BCUT2D eigenvalue weighted by Gasteiger charge is -2.30. The highest BCUT2D eigenvalue weighted by molar-refractivity contribution is 7.98. The third kappa shape index (κ3) is 3.30. The molecule has 4 heterocycles. The molecule has 31 heavy (non-hydrogen) atoms. The van der Waals surface area contributed by atoms with Crippen molar-refractivity contribution in [2.75, 3.05) is 19.8 Å². The summed E-state index contributed by atoms with van der Waals surface area (Å²) in [6, 6.07) is 0.723. The van der Waals surface area contributed by atoms with E-state index in [9.17, 15) is 0 Å². The summed E-state index contributed by atoms with van der Waals surface area (Å²) in [5, 5.41) is 11.2. The van der Waals surface area contributed by atoms with Gasteiger partial charge < -0.3 is 9.42 Å². The minimum Gasteiger partial charge on any atom is -0.360 e. The maximum Gasteiger partial charge on any atom is 0.185 e. The minimum absolute atomic E-state index is 0.0502. The highest BCUT2D eigenvalue weighted by Crippen LogP contribution is 2.43. The second kappa shape index (κ2) is 7.89. The molecule has 0 unspecified atom stereocenters. The molecule has 0 amide bonds. The molecular weight excluding hydrogens is 408 g/mol. The Kier molecular flexibility index (Phi) is 5.33. The maximum atomic E-state index is 5.92. The molecule has 0 radical (unpaired) electrons. The maximum absolute atomic E-state index is 5.92. The summed E-state index contributed by atoms with van der Waals surface area (Å²) >= 11 is 1.64. The molecule has 1 aliphatic heterocycles. The molecule has 166 valence electrons. The second-order valence-electron chi connectivity index (χ2n) is 9.42. The predicted octanol–water partition coefficient (Wildman–Crippen LogP) is 4.86. The van der Waals surface area contributed by atoms with Gasteiger partial charge in [0.2, 0.25) is 0 Å². The first-order valence-corrected chi connectivity index (χ1v) is 12.7. The van der Waals surface area contributed by atoms with Crippen LogP contribution >= 0.6 is 11.8 Å². The number of hydrogen-bond donors (Lipinski definition) is 0. The van der Waals surface area contributed by atoms with Crippen LogP contribution < -0.4 is 0 Å². The standard InChI is InChI=1S/C23H32N6OS/c1-6-23(3)11-7-9-15-18(27-30-19(15)23)20-25-21-16(22(26-20)31-5)13-24-29(21)14(2)17-10-8-12-28(17)4/h13-14,17H,6-12H2,1-5H3/t14-,17-,23-/m0/s1. The number of rotatable bonds is 5. The van der Waals surface area contributed by atoms with E-state index in [1.165, 1.54) is 18.4 Å². The molecule has 7 nitrogen and oxygen atoms in total. The molecule has 2 aliphatic rings. The first kappa shape index (κ1) is 20.9. The molecule has 0 saturated carbocycles. The van der Waals surface area contributed by atoms with Gasteiger partial charge in [0.05, 0.1) is 17.6 Å². The van der Waals surface area contributed by atoms with Crippen molar-refractivity contribution in [3.63, 3.8) is 0 Å². The van der Waals surface area contributed by atoms with Gasteiger partial charge in [0.1, 0.15) is 10.8 Å². The van der Waals surface area contributed by atoms with Gasteiger partial charge in [0, 0.05) is 17.0 Å². The summed E-state index contributed by atoms with van der Waals surface area (Å²) in [6.45, 7) is 7.91. The molecule has 3 aromatic rings. The van der Waals surface area contributed by atoms with Gasteiger partial charge in [-0.2, -0.15) is 5.10 Å². The van der Waals surface area contributed by atoms with E-state index in [-0.39, 0.29) is 11.5 Å². The quantitative estimate of drug-likeness (QED) is 0.414. The molecule has 0 N–H and O–H groups in total. The van der Waals surface area contributed by atoms with E-state index in [0.29, 0.717) is 11.9 Å². The molecule has 1 fully saturated rings. The van der Waals surface area contributed by atoms with E-state index >= 15 is 0 Å². The predicted molar refractivity (Wildman–Crippen MR) is 124 cm³/mol. The highest BCUT2D eigenvalue weighted by atomic mass is 32.2. The van der Waals surface area contributed by atoms with E-state index < -0.39 is 0 Å². The largest absolute Gasteiger partial charge is 0.360 e. The van der Waals surface area contributed by atoms with Gasteiger partial charge >= 0.3 is 0 Å². The van der Waals surface area contributed by atoms with Crippen LogP contribution in [0.1, 0.15) is 70.2 Å². The van der Waals surface area contributed by atoms with Gasteiger partial charge in [0.15, 0.2) is 17.2 Å². The minimum atomic E-state index is 0.0502. The number of nitrogens with zero attached hydrogens (tertiary/aromatic N) is 6. The van der Waals surface area contributed by atoms with Gasteiger partial charge in [-0.1, -0.05) is 19.0 Å². The van der Waals surface area contributed by atoms with E-state index in [0.717, 1.165) is 59.7 Å². The van der Waals surface area contributed by atoms with Crippen LogP contribution in [0.25, 0.3) is 22.6 Å². The molecule has 0 aromatic carbocycles. The summed E-state index contributed by atoms with van der Waals surface area (Å²) in [5.41, 5.74) is 2.95. The van der Waals surface area contributed by atoms with Crippen molar-refractivity contribution < 1.29 is 4.52 Å². The molecule has 8 heteroatoms. The second-order valence-corrected chi connectivity index (χ2v) is 10.2. The van der Waals surface area contributed by atoms with Crippen LogP contribution in [0.2, 0.25) is 0 Å². The Hall–Kier alpha value is -1.93. The first-order chi connectivity index (χ1) is 15.0. The molecule has 3 aromatic heterocycles. The molecule has 0 bridgehead atoms. The average Bonchev–Trinajstić information content (AvgIpc) is 3.51. The monoisotopic (exact) mass is 440 g/mol. The number of likely N-dealkylation sites (tertiary alicyclic amines) is 1. The van der Waals surface area contributed by atoms with Crippen molar-refractivity contribution in [3.05, 3.63) is 17.5 Å². The fourth-order valence-electron chi connectivity index (χ4n) is 5.47. The number of fused-ring (bicyclic) bond motifs is 2. The normalized spacial score (nSPS) is 25.3. The van der Waals surface area contributed by atoms with Gasteiger partial charge in [0.25, 0.3) is 0 Å². The van der Waals surface area contributed by atoms with E-state index in [1.54, 1.807) is 11.8 Å². The topological polar surface area (TPSA) is 72.9 Å². The van der Waals surface area contributed by atoms with Crippen molar-refractivity contribution in [2.24, 2.45) is 0 Å². The number of likely N-dealkylation sites (N-methyl/N-ethyl adjacent to an activating group) is 1. The highest BCUT2D eigenvalue weighted by Gasteiger charge is 2.37. The zero-order chi connectivity index (χ0) is 21.8. The Morgan fingerprint density at radius 2 is 2.16 bits per heavy atom. The van der Waals surface area contributed by atoms with Crippen molar-refractivity contribution in [3.8, 4) is 11.5 Å². The summed E-state index contributed by atoms with van der Waals surface area (Å²) in [6.07, 6.45) is 10.7. The lowest BCUT2D eigenvalue weighted by Crippen LogP contribution is -2.33.